The molecule has 0 saturated carbocycles. The van der Waals surface area contributed by atoms with E-state index in [1.165, 1.54) is 164 Å². The molecule has 0 saturated heterocycles. The van der Waals surface area contributed by atoms with Crippen LogP contribution in [-0.2, 0) is 0 Å². The van der Waals surface area contributed by atoms with Crippen LogP contribution in [0.15, 0.2) is 0 Å². The maximum atomic E-state index is 9.70. The Morgan fingerprint density at radius 3 is 0.561 bits per heavy atom. The predicted molar refractivity (Wildman–Crippen MR) is 182 cm³/mol. The summed E-state index contributed by atoms with van der Waals surface area (Å²) in [6.45, 7) is 30.0. The second-order valence-electron chi connectivity index (χ2n) is 12.8. The molecule has 0 unspecified atom stereocenters. The molecule has 0 heterocycles. The van der Waals surface area contributed by atoms with E-state index >= 15 is 0 Å². The second kappa shape index (κ2) is 36.0. The molecule has 0 aromatic rings. The van der Waals surface area contributed by atoms with Crippen LogP contribution >= 0.6 is 0 Å². The van der Waals surface area contributed by atoms with Crippen molar-refractivity contribution in [1.82, 2.24) is 0 Å². The molecule has 0 spiro atoms. The summed E-state index contributed by atoms with van der Waals surface area (Å²) in [6, 6.07) is 0. The average molecular weight is 587 g/mol. The van der Waals surface area contributed by atoms with E-state index in [1.807, 2.05) is 0 Å². The Morgan fingerprint density at radius 2 is 0.439 bits per heavy atom. The zero-order valence-corrected chi connectivity index (χ0v) is 30.2. The van der Waals surface area contributed by atoms with Crippen LogP contribution in [0.4, 0.5) is 0 Å². The minimum absolute atomic E-state index is 0.0278. The first kappa shape index (κ1) is 45.3. The Bertz CT molecular complexity index is 343. The number of hydrogen-bond donors (Lipinski definition) is 0. The van der Waals surface area contributed by atoms with E-state index in [-0.39, 0.29) is 13.2 Å². The van der Waals surface area contributed by atoms with Crippen LogP contribution in [0.5, 0.6) is 0 Å². The third kappa shape index (κ3) is 29.7. The molecule has 0 rings (SSSR count). The SMILES string of the molecule is CCCC[N+](CCCC)(CCCC)CCCC.CCCC[N+](CCCC)(CCCC)CCCC.[O-]CCCCC[O-]. The Morgan fingerprint density at radius 1 is 0.268 bits per heavy atom. The summed E-state index contributed by atoms with van der Waals surface area (Å²) in [5.41, 5.74) is 0. The fourth-order valence-corrected chi connectivity index (χ4v) is 5.67. The zero-order chi connectivity index (χ0) is 31.5. The van der Waals surface area contributed by atoms with Gasteiger partial charge in [-0.2, -0.15) is 0 Å². The van der Waals surface area contributed by atoms with E-state index in [9.17, 15) is 10.2 Å². The highest BCUT2D eigenvalue weighted by Gasteiger charge is 2.25. The summed E-state index contributed by atoms with van der Waals surface area (Å²) >= 11 is 0. The summed E-state index contributed by atoms with van der Waals surface area (Å²) < 4.78 is 2.84. The minimum Gasteiger partial charge on any atom is -0.854 e. The van der Waals surface area contributed by atoms with Crippen molar-refractivity contribution in [2.45, 2.75) is 177 Å². The quantitative estimate of drug-likeness (QED) is 0.0679. The number of rotatable bonds is 28. The fourth-order valence-electron chi connectivity index (χ4n) is 5.67. The molecule has 0 aromatic carbocycles. The van der Waals surface area contributed by atoms with Gasteiger partial charge in [-0.05, 0) is 51.4 Å². The van der Waals surface area contributed by atoms with Gasteiger partial charge in [-0.3, -0.25) is 0 Å². The molecule has 252 valence electrons. The van der Waals surface area contributed by atoms with Gasteiger partial charge in [-0.15, -0.1) is 13.2 Å². The molecule has 0 aliphatic heterocycles. The Labute approximate surface area is 261 Å². The van der Waals surface area contributed by atoms with Gasteiger partial charge in [-0.1, -0.05) is 126 Å². The van der Waals surface area contributed by atoms with Gasteiger partial charge in [0.25, 0.3) is 0 Å². The number of hydrogen-bond acceptors (Lipinski definition) is 2. The number of unbranched alkanes of at least 4 members (excludes halogenated alkanes) is 10. The molecule has 0 bridgehead atoms. The van der Waals surface area contributed by atoms with E-state index in [4.69, 9.17) is 0 Å². The van der Waals surface area contributed by atoms with Gasteiger partial charge < -0.3 is 19.2 Å². The molecular weight excluding hydrogens is 504 g/mol. The highest BCUT2D eigenvalue weighted by Crippen LogP contribution is 2.17. The average Bonchev–Trinajstić information content (AvgIpc) is 3.00. The van der Waals surface area contributed by atoms with Crippen LogP contribution in [-0.4, -0.2) is 74.5 Å². The van der Waals surface area contributed by atoms with E-state index in [0.29, 0.717) is 12.8 Å². The van der Waals surface area contributed by atoms with Gasteiger partial charge in [0.2, 0.25) is 0 Å². The van der Waals surface area contributed by atoms with Crippen molar-refractivity contribution in [2.75, 3.05) is 65.6 Å². The Hall–Kier alpha value is -0.160. The Kier molecular flexibility index (Phi) is 39.8. The molecule has 41 heavy (non-hydrogen) atoms. The van der Waals surface area contributed by atoms with Crippen molar-refractivity contribution in [3.05, 3.63) is 0 Å². The third-order valence-corrected chi connectivity index (χ3v) is 8.68. The maximum absolute atomic E-state index is 9.70. The predicted octanol–water partition coefficient (Wildman–Crippen LogP) is 8.88. The van der Waals surface area contributed by atoms with Crippen molar-refractivity contribution in [2.24, 2.45) is 0 Å². The lowest BCUT2D eigenvalue weighted by Gasteiger charge is -2.39. The van der Waals surface area contributed by atoms with Gasteiger partial charge >= 0.3 is 0 Å². The minimum atomic E-state index is -0.0278. The summed E-state index contributed by atoms with van der Waals surface area (Å²) in [6.07, 6.45) is 24.3. The van der Waals surface area contributed by atoms with E-state index in [2.05, 4.69) is 55.4 Å². The largest absolute Gasteiger partial charge is 0.854 e. The van der Waals surface area contributed by atoms with E-state index < -0.39 is 0 Å². The molecule has 0 N–H and O–H groups in total. The van der Waals surface area contributed by atoms with Crippen LogP contribution in [0, 0.1) is 0 Å². The number of nitrogens with zero attached hydrogens (tertiary/aromatic N) is 2. The monoisotopic (exact) mass is 587 g/mol. The molecule has 0 atom stereocenters. The number of quaternary nitrogens is 2. The van der Waals surface area contributed by atoms with Crippen molar-refractivity contribution >= 4 is 0 Å². The van der Waals surface area contributed by atoms with Gasteiger partial charge in [0.1, 0.15) is 0 Å². The first-order valence-corrected chi connectivity index (χ1v) is 18.8. The molecule has 0 amide bonds. The fraction of sp³-hybridized carbons (Fsp3) is 1.00. The van der Waals surface area contributed by atoms with Crippen LogP contribution in [0.25, 0.3) is 0 Å². The normalized spacial score (nSPS) is 11.6. The maximum Gasteiger partial charge on any atom is 0.0786 e. The molecule has 0 aliphatic rings. The third-order valence-electron chi connectivity index (χ3n) is 8.68. The van der Waals surface area contributed by atoms with Crippen molar-refractivity contribution < 1.29 is 19.2 Å². The lowest BCUT2D eigenvalue weighted by Crippen LogP contribution is -2.50. The van der Waals surface area contributed by atoms with Gasteiger partial charge in [-0.25, -0.2) is 0 Å². The lowest BCUT2D eigenvalue weighted by atomic mass is 10.1. The van der Waals surface area contributed by atoms with Crippen molar-refractivity contribution in [1.29, 1.82) is 0 Å². The summed E-state index contributed by atoms with van der Waals surface area (Å²) in [5.74, 6) is 0. The van der Waals surface area contributed by atoms with Gasteiger partial charge in [0, 0.05) is 0 Å². The highest BCUT2D eigenvalue weighted by atomic mass is 16.3. The van der Waals surface area contributed by atoms with Crippen LogP contribution in [0.3, 0.4) is 0 Å². The van der Waals surface area contributed by atoms with Crippen LogP contribution in [0.1, 0.15) is 177 Å². The molecule has 0 aromatic heterocycles. The van der Waals surface area contributed by atoms with Crippen LogP contribution in [0.2, 0.25) is 0 Å². The van der Waals surface area contributed by atoms with Crippen LogP contribution < -0.4 is 10.2 Å². The van der Waals surface area contributed by atoms with Crippen molar-refractivity contribution in [3.63, 3.8) is 0 Å². The molecular formula is C37H82N2O2. The summed E-state index contributed by atoms with van der Waals surface area (Å²) in [7, 11) is 0. The molecule has 4 nitrogen and oxygen atoms in total. The van der Waals surface area contributed by atoms with Gasteiger partial charge in [0.15, 0.2) is 0 Å². The van der Waals surface area contributed by atoms with E-state index in [0.717, 1.165) is 6.42 Å². The smallest absolute Gasteiger partial charge is 0.0786 e. The zero-order valence-electron chi connectivity index (χ0n) is 30.2. The highest BCUT2D eigenvalue weighted by molar-refractivity contribution is 4.50. The Balaban J connectivity index is -0.000000574. The lowest BCUT2D eigenvalue weighted by molar-refractivity contribution is -0.929. The molecule has 4 heteroatoms. The van der Waals surface area contributed by atoms with Gasteiger partial charge in [0.05, 0.1) is 52.4 Å². The standard InChI is InChI=1S/2C16H36N.C5H10O2/c2*1-5-9-13-17(14-10-6-2,15-11-7-3)16-12-8-4;6-4-2-1-3-5-7/h2*5-16H2,1-4H3;1-5H2/q2*+1;-2. The van der Waals surface area contributed by atoms with E-state index in [1.54, 1.807) is 0 Å². The molecule has 0 aliphatic carbocycles. The molecule has 0 fully saturated rings. The summed E-state index contributed by atoms with van der Waals surface area (Å²) in [4.78, 5) is 0. The first-order chi connectivity index (χ1) is 19.9. The van der Waals surface area contributed by atoms with Crippen molar-refractivity contribution in [3.8, 4) is 0 Å². The second-order valence-corrected chi connectivity index (χ2v) is 12.8. The molecule has 0 radical (unpaired) electrons. The summed E-state index contributed by atoms with van der Waals surface area (Å²) in [5, 5.41) is 19.4. The topological polar surface area (TPSA) is 46.1 Å². The first-order valence-electron chi connectivity index (χ1n) is 18.8.